The summed E-state index contributed by atoms with van der Waals surface area (Å²) >= 11 is 5.93. The van der Waals surface area contributed by atoms with Crippen LogP contribution in [0.1, 0.15) is 24.2 Å². The number of benzene rings is 1. The summed E-state index contributed by atoms with van der Waals surface area (Å²) in [5.74, 6) is 5.30. The van der Waals surface area contributed by atoms with Crippen molar-refractivity contribution < 1.29 is 9.53 Å². The molecule has 0 aliphatic rings. The molecule has 0 atom stereocenters. The molecule has 3 N–H and O–H groups in total. The predicted molar refractivity (Wildman–Crippen MR) is 77.3 cm³/mol. The van der Waals surface area contributed by atoms with Gasteiger partial charge in [0.25, 0.3) is 5.91 Å². The second-order valence-corrected chi connectivity index (χ2v) is 4.35. The fourth-order valence-electron chi connectivity index (χ4n) is 1.71. The molecule has 0 aliphatic carbocycles. The summed E-state index contributed by atoms with van der Waals surface area (Å²) in [4.78, 5) is 14.1. The quantitative estimate of drug-likeness (QED) is 0.457. The number of nitrogens with one attached hydrogen (secondary N) is 1. The van der Waals surface area contributed by atoms with Crippen molar-refractivity contribution >= 4 is 23.2 Å². The SMILES string of the molecule is CCOCCN(CC)C(=O)c1cc(Cl)ccc1NN. The summed E-state index contributed by atoms with van der Waals surface area (Å²) in [6.45, 7) is 6.14. The minimum Gasteiger partial charge on any atom is -0.380 e. The third-order valence-corrected chi connectivity index (χ3v) is 2.98. The van der Waals surface area contributed by atoms with Crippen LogP contribution in [0.5, 0.6) is 0 Å². The number of amides is 1. The molecule has 5 nitrogen and oxygen atoms in total. The van der Waals surface area contributed by atoms with Crippen molar-refractivity contribution in [2.24, 2.45) is 5.84 Å². The molecule has 19 heavy (non-hydrogen) atoms. The highest BCUT2D eigenvalue weighted by Gasteiger charge is 2.17. The maximum Gasteiger partial charge on any atom is 0.256 e. The van der Waals surface area contributed by atoms with Gasteiger partial charge in [0.05, 0.1) is 17.9 Å². The molecular formula is C13H20ClN3O2. The number of likely N-dealkylation sites (N-methyl/N-ethyl adjacent to an activating group) is 1. The van der Waals surface area contributed by atoms with Gasteiger partial charge in [-0.1, -0.05) is 11.6 Å². The Morgan fingerprint density at radius 3 is 2.79 bits per heavy atom. The highest BCUT2D eigenvalue weighted by Crippen LogP contribution is 2.21. The van der Waals surface area contributed by atoms with Crippen molar-refractivity contribution in [2.45, 2.75) is 13.8 Å². The molecule has 0 saturated heterocycles. The monoisotopic (exact) mass is 285 g/mol. The lowest BCUT2D eigenvalue weighted by Crippen LogP contribution is -2.34. The first-order chi connectivity index (χ1) is 9.13. The number of hydrazine groups is 1. The number of carbonyl (C=O) groups is 1. The lowest BCUT2D eigenvalue weighted by atomic mass is 10.1. The van der Waals surface area contributed by atoms with E-state index in [1.165, 1.54) is 0 Å². The van der Waals surface area contributed by atoms with Crippen molar-refractivity contribution in [3.8, 4) is 0 Å². The van der Waals surface area contributed by atoms with Crippen LogP contribution >= 0.6 is 11.6 Å². The average molecular weight is 286 g/mol. The van der Waals surface area contributed by atoms with Crippen molar-refractivity contribution in [3.63, 3.8) is 0 Å². The Morgan fingerprint density at radius 1 is 1.47 bits per heavy atom. The van der Waals surface area contributed by atoms with Crippen molar-refractivity contribution in [1.29, 1.82) is 0 Å². The number of hydrogen-bond acceptors (Lipinski definition) is 4. The number of nitrogen functional groups attached to an aromatic ring is 1. The molecule has 0 bridgehead atoms. The average Bonchev–Trinajstić information content (AvgIpc) is 2.43. The van der Waals surface area contributed by atoms with E-state index >= 15 is 0 Å². The number of anilines is 1. The molecule has 0 saturated carbocycles. The zero-order chi connectivity index (χ0) is 14.3. The van der Waals surface area contributed by atoms with E-state index in [2.05, 4.69) is 5.43 Å². The Labute approximate surface area is 118 Å². The largest absolute Gasteiger partial charge is 0.380 e. The Morgan fingerprint density at radius 2 is 2.21 bits per heavy atom. The van der Waals surface area contributed by atoms with Crippen molar-refractivity contribution in [1.82, 2.24) is 4.90 Å². The van der Waals surface area contributed by atoms with E-state index in [1.54, 1.807) is 23.1 Å². The van der Waals surface area contributed by atoms with Gasteiger partial charge in [0, 0.05) is 24.7 Å². The standard InChI is InChI=1S/C13H20ClN3O2/c1-3-17(7-8-19-4-2)13(18)11-9-10(14)5-6-12(11)16-15/h5-6,9,16H,3-4,7-8,15H2,1-2H3. The van der Waals surface area contributed by atoms with Gasteiger partial charge in [0.2, 0.25) is 0 Å². The van der Waals surface area contributed by atoms with Gasteiger partial charge in [-0.05, 0) is 32.0 Å². The normalized spacial score (nSPS) is 10.3. The van der Waals surface area contributed by atoms with Gasteiger partial charge in [0.15, 0.2) is 0 Å². The fraction of sp³-hybridized carbons (Fsp3) is 0.462. The van der Waals surface area contributed by atoms with Crippen LogP contribution in [-0.2, 0) is 4.74 Å². The maximum atomic E-state index is 12.4. The highest BCUT2D eigenvalue weighted by atomic mass is 35.5. The smallest absolute Gasteiger partial charge is 0.256 e. The molecule has 106 valence electrons. The third-order valence-electron chi connectivity index (χ3n) is 2.75. The van der Waals surface area contributed by atoms with E-state index in [-0.39, 0.29) is 5.91 Å². The molecule has 0 heterocycles. The molecule has 0 aromatic heterocycles. The second kappa shape index (κ2) is 7.99. The Kier molecular flexibility index (Phi) is 6.62. The molecule has 1 aromatic rings. The Bertz CT molecular complexity index is 426. The highest BCUT2D eigenvalue weighted by molar-refractivity contribution is 6.31. The summed E-state index contributed by atoms with van der Waals surface area (Å²) < 4.78 is 5.27. The molecule has 0 spiro atoms. The van der Waals surface area contributed by atoms with Gasteiger partial charge in [-0.25, -0.2) is 0 Å². The number of halogens is 1. The van der Waals surface area contributed by atoms with Gasteiger partial charge in [-0.15, -0.1) is 0 Å². The molecular weight excluding hydrogens is 266 g/mol. The van der Waals surface area contributed by atoms with Crippen LogP contribution < -0.4 is 11.3 Å². The van der Waals surface area contributed by atoms with Gasteiger partial charge < -0.3 is 15.1 Å². The van der Waals surface area contributed by atoms with Crippen molar-refractivity contribution in [3.05, 3.63) is 28.8 Å². The van der Waals surface area contributed by atoms with Crippen LogP contribution in [0, 0.1) is 0 Å². The first-order valence-corrected chi connectivity index (χ1v) is 6.65. The lowest BCUT2D eigenvalue weighted by Gasteiger charge is -2.22. The summed E-state index contributed by atoms with van der Waals surface area (Å²) in [5, 5.41) is 0.503. The molecule has 1 aromatic carbocycles. The van der Waals surface area contributed by atoms with E-state index in [4.69, 9.17) is 22.2 Å². The van der Waals surface area contributed by atoms with Gasteiger partial charge in [0.1, 0.15) is 0 Å². The molecule has 1 amide bonds. The maximum absolute atomic E-state index is 12.4. The zero-order valence-corrected chi connectivity index (χ0v) is 12.0. The third kappa shape index (κ3) is 4.38. The Hall–Kier alpha value is -1.30. The minimum atomic E-state index is -0.113. The minimum absolute atomic E-state index is 0.113. The first-order valence-electron chi connectivity index (χ1n) is 6.27. The number of carbonyl (C=O) groups excluding carboxylic acids is 1. The molecule has 0 radical (unpaired) electrons. The van der Waals surface area contributed by atoms with Gasteiger partial charge >= 0.3 is 0 Å². The van der Waals surface area contributed by atoms with E-state index in [0.29, 0.717) is 42.6 Å². The molecule has 0 fully saturated rings. The zero-order valence-electron chi connectivity index (χ0n) is 11.3. The number of ether oxygens (including phenoxy) is 1. The summed E-state index contributed by atoms with van der Waals surface area (Å²) in [6.07, 6.45) is 0. The summed E-state index contributed by atoms with van der Waals surface area (Å²) in [5.41, 5.74) is 3.54. The Balaban J connectivity index is 2.87. The van der Waals surface area contributed by atoms with E-state index in [1.807, 2.05) is 13.8 Å². The van der Waals surface area contributed by atoms with E-state index in [9.17, 15) is 4.79 Å². The van der Waals surface area contributed by atoms with Crippen LogP contribution in [0.4, 0.5) is 5.69 Å². The fourth-order valence-corrected chi connectivity index (χ4v) is 1.88. The number of nitrogens with zero attached hydrogens (tertiary/aromatic N) is 1. The topological polar surface area (TPSA) is 67.6 Å². The van der Waals surface area contributed by atoms with Crippen molar-refractivity contribution in [2.75, 3.05) is 31.7 Å². The summed E-state index contributed by atoms with van der Waals surface area (Å²) in [7, 11) is 0. The molecule has 0 unspecified atom stereocenters. The van der Waals surface area contributed by atoms with Crippen LogP contribution in [-0.4, -0.2) is 37.1 Å². The second-order valence-electron chi connectivity index (χ2n) is 3.92. The molecule has 1 rings (SSSR count). The predicted octanol–water partition coefficient (Wildman–Crippen LogP) is 2.12. The van der Waals surface area contributed by atoms with E-state index < -0.39 is 0 Å². The molecule has 6 heteroatoms. The first kappa shape index (κ1) is 15.8. The van der Waals surface area contributed by atoms with Crippen LogP contribution in [0.15, 0.2) is 18.2 Å². The lowest BCUT2D eigenvalue weighted by molar-refractivity contribution is 0.0670. The van der Waals surface area contributed by atoms with Crippen LogP contribution in [0.2, 0.25) is 5.02 Å². The van der Waals surface area contributed by atoms with E-state index in [0.717, 1.165) is 0 Å². The molecule has 0 aliphatic heterocycles. The van der Waals surface area contributed by atoms with Gasteiger partial charge in [-0.3, -0.25) is 10.6 Å². The number of hydrogen-bond donors (Lipinski definition) is 2. The number of nitrogens with two attached hydrogens (primary N) is 1. The number of rotatable bonds is 7. The van der Waals surface area contributed by atoms with Crippen LogP contribution in [0.3, 0.4) is 0 Å². The van der Waals surface area contributed by atoms with Gasteiger partial charge in [-0.2, -0.15) is 0 Å². The summed E-state index contributed by atoms with van der Waals surface area (Å²) in [6, 6.07) is 4.98. The van der Waals surface area contributed by atoms with Crippen LogP contribution in [0.25, 0.3) is 0 Å².